The maximum absolute atomic E-state index is 14.1. The molecule has 2 aliphatic heterocycles. The van der Waals surface area contributed by atoms with E-state index in [0.717, 1.165) is 21.5 Å². The number of amides is 3. The van der Waals surface area contributed by atoms with Gasteiger partial charge in [0.25, 0.3) is 0 Å². The molecule has 3 amide bonds. The van der Waals surface area contributed by atoms with Crippen molar-refractivity contribution in [3.05, 3.63) is 51.5 Å². The van der Waals surface area contributed by atoms with E-state index >= 15 is 0 Å². The lowest BCUT2D eigenvalue weighted by atomic mass is 10.1. The van der Waals surface area contributed by atoms with Gasteiger partial charge < -0.3 is 15.1 Å². The van der Waals surface area contributed by atoms with Gasteiger partial charge >= 0.3 is 6.03 Å². The first kappa shape index (κ1) is 18.5. The summed E-state index contributed by atoms with van der Waals surface area (Å²) in [5.41, 5.74) is 1.31. The SMILES string of the molecule is Cc1ncc(C2=CCCN(C(=O)CN3Cc4c(ccc(F)c4F)NC3=O)C2)s1. The fourth-order valence-electron chi connectivity index (χ4n) is 3.36. The number of carbonyl (C=O) groups excluding carboxylic acids is 2. The van der Waals surface area contributed by atoms with E-state index in [1.165, 1.54) is 11.0 Å². The average Bonchev–Trinajstić information content (AvgIpc) is 3.12. The Morgan fingerprint density at radius 2 is 2.14 bits per heavy atom. The number of halogens is 2. The molecule has 0 radical (unpaired) electrons. The molecular weight excluding hydrogens is 386 g/mol. The number of carbonyl (C=O) groups is 2. The lowest BCUT2D eigenvalue weighted by Crippen LogP contribution is -2.47. The van der Waals surface area contributed by atoms with E-state index in [9.17, 15) is 18.4 Å². The maximum Gasteiger partial charge on any atom is 0.322 e. The summed E-state index contributed by atoms with van der Waals surface area (Å²) in [5, 5.41) is 3.47. The molecule has 0 bridgehead atoms. The van der Waals surface area contributed by atoms with E-state index < -0.39 is 17.7 Å². The normalized spacial score (nSPS) is 16.5. The summed E-state index contributed by atoms with van der Waals surface area (Å²) in [6.07, 6.45) is 4.61. The molecule has 2 aromatic rings. The summed E-state index contributed by atoms with van der Waals surface area (Å²) in [6.45, 7) is 2.57. The predicted octanol–water partition coefficient (Wildman–Crippen LogP) is 3.39. The molecule has 3 heterocycles. The zero-order valence-corrected chi connectivity index (χ0v) is 16.0. The van der Waals surface area contributed by atoms with Crippen molar-refractivity contribution in [2.75, 3.05) is 25.0 Å². The van der Waals surface area contributed by atoms with Crippen LogP contribution in [0.4, 0.5) is 19.3 Å². The third-order valence-corrected chi connectivity index (χ3v) is 5.83. The fraction of sp³-hybridized carbons (Fsp3) is 0.316. The van der Waals surface area contributed by atoms with E-state index in [1.54, 1.807) is 22.4 Å². The second-order valence-electron chi connectivity index (χ2n) is 6.75. The van der Waals surface area contributed by atoms with Gasteiger partial charge in [0.2, 0.25) is 5.91 Å². The van der Waals surface area contributed by atoms with Crippen molar-refractivity contribution in [3.63, 3.8) is 0 Å². The summed E-state index contributed by atoms with van der Waals surface area (Å²) in [4.78, 5) is 33.2. The average molecular weight is 404 g/mol. The highest BCUT2D eigenvalue weighted by molar-refractivity contribution is 7.12. The molecule has 0 saturated heterocycles. The summed E-state index contributed by atoms with van der Waals surface area (Å²) in [7, 11) is 0. The van der Waals surface area contributed by atoms with Gasteiger partial charge in [-0.25, -0.2) is 18.6 Å². The molecule has 0 spiro atoms. The molecule has 9 heteroatoms. The molecule has 6 nitrogen and oxygen atoms in total. The van der Waals surface area contributed by atoms with Crippen molar-refractivity contribution in [1.29, 1.82) is 0 Å². The topological polar surface area (TPSA) is 65.5 Å². The van der Waals surface area contributed by atoms with Crippen LogP contribution >= 0.6 is 11.3 Å². The molecule has 0 aliphatic carbocycles. The third-order valence-electron chi connectivity index (χ3n) is 4.84. The van der Waals surface area contributed by atoms with Crippen molar-refractivity contribution < 1.29 is 18.4 Å². The van der Waals surface area contributed by atoms with E-state index in [0.29, 0.717) is 19.5 Å². The van der Waals surface area contributed by atoms with E-state index in [2.05, 4.69) is 16.4 Å². The Kier molecular flexibility index (Phi) is 4.84. The van der Waals surface area contributed by atoms with Crippen LogP contribution in [-0.4, -0.2) is 46.4 Å². The van der Waals surface area contributed by atoms with Gasteiger partial charge in [0.05, 0.1) is 22.1 Å². The van der Waals surface area contributed by atoms with Gasteiger partial charge in [-0.15, -0.1) is 11.3 Å². The number of anilines is 1. The minimum Gasteiger partial charge on any atom is -0.336 e. The number of benzene rings is 1. The molecule has 146 valence electrons. The van der Waals surface area contributed by atoms with Crippen LogP contribution in [0.25, 0.3) is 5.57 Å². The highest BCUT2D eigenvalue weighted by Gasteiger charge is 2.30. The van der Waals surface area contributed by atoms with Crippen molar-refractivity contribution in [3.8, 4) is 0 Å². The lowest BCUT2D eigenvalue weighted by Gasteiger charge is -2.32. The van der Waals surface area contributed by atoms with Gasteiger partial charge in [0.1, 0.15) is 6.54 Å². The quantitative estimate of drug-likeness (QED) is 0.853. The molecule has 0 unspecified atom stereocenters. The van der Waals surface area contributed by atoms with Crippen LogP contribution < -0.4 is 5.32 Å². The van der Waals surface area contributed by atoms with Crippen LogP contribution in [0.1, 0.15) is 21.9 Å². The second kappa shape index (κ2) is 7.31. The van der Waals surface area contributed by atoms with Crippen LogP contribution in [0, 0.1) is 18.6 Å². The van der Waals surface area contributed by atoms with Gasteiger partial charge in [0.15, 0.2) is 11.6 Å². The van der Waals surface area contributed by atoms with Crippen LogP contribution in [0.5, 0.6) is 0 Å². The number of aromatic nitrogens is 1. The largest absolute Gasteiger partial charge is 0.336 e. The molecular formula is C19H18F2N4O2S. The molecule has 2 aliphatic rings. The Morgan fingerprint density at radius 1 is 1.32 bits per heavy atom. The highest BCUT2D eigenvalue weighted by atomic mass is 32.1. The first-order valence-corrected chi connectivity index (χ1v) is 9.66. The number of rotatable bonds is 3. The fourth-order valence-corrected chi connectivity index (χ4v) is 4.17. The van der Waals surface area contributed by atoms with Crippen LogP contribution in [0.2, 0.25) is 0 Å². The number of nitrogens with one attached hydrogen (secondary N) is 1. The Labute approximate surface area is 164 Å². The smallest absolute Gasteiger partial charge is 0.322 e. The van der Waals surface area contributed by atoms with Crippen molar-refractivity contribution in [1.82, 2.24) is 14.8 Å². The van der Waals surface area contributed by atoms with Gasteiger partial charge in [-0.05, 0) is 31.1 Å². The Hall–Kier alpha value is -2.81. The Morgan fingerprint density at radius 3 is 2.89 bits per heavy atom. The number of fused-ring (bicyclic) bond motifs is 1. The predicted molar refractivity (Wildman–Crippen MR) is 102 cm³/mol. The highest BCUT2D eigenvalue weighted by Crippen LogP contribution is 2.28. The molecule has 1 N–H and O–H groups in total. The Bertz CT molecular complexity index is 988. The number of aryl methyl sites for hydroxylation is 1. The van der Waals surface area contributed by atoms with E-state index in [1.807, 2.05) is 6.92 Å². The Balaban J connectivity index is 1.45. The molecule has 0 saturated carbocycles. The minimum absolute atomic E-state index is 0.0479. The summed E-state index contributed by atoms with van der Waals surface area (Å²) in [6, 6.07) is 1.79. The second-order valence-corrected chi connectivity index (χ2v) is 7.99. The number of hydrogen-bond acceptors (Lipinski definition) is 4. The first-order valence-electron chi connectivity index (χ1n) is 8.85. The number of thiazole rings is 1. The summed E-state index contributed by atoms with van der Waals surface area (Å²) >= 11 is 1.57. The van der Waals surface area contributed by atoms with Crippen LogP contribution in [0.15, 0.2) is 24.4 Å². The molecule has 0 atom stereocenters. The summed E-state index contributed by atoms with van der Waals surface area (Å²) in [5.74, 6) is -2.22. The van der Waals surface area contributed by atoms with Gasteiger partial charge in [-0.3, -0.25) is 4.79 Å². The standard InChI is InChI=1S/C19H18F2N4O2S/c1-11-22-7-16(28-11)12-3-2-6-24(8-12)17(26)10-25-9-13-15(23-19(25)27)5-4-14(20)18(13)21/h3-5,7H,2,6,8-10H2,1H3,(H,23,27). The van der Waals surface area contributed by atoms with Crippen LogP contribution in [-0.2, 0) is 11.3 Å². The zero-order chi connectivity index (χ0) is 19.8. The lowest BCUT2D eigenvalue weighted by molar-refractivity contribution is -0.131. The molecule has 1 aromatic carbocycles. The molecule has 28 heavy (non-hydrogen) atoms. The van der Waals surface area contributed by atoms with Crippen molar-refractivity contribution in [2.45, 2.75) is 19.9 Å². The monoisotopic (exact) mass is 404 g/mol. The number of hydrogen-bond donors (Lipinski definition) is 1. The number of urea groups is 1. The maximum atomic E-state index is 14.1. The van der Waals surface area contributed by atoms with E-state index in [4.69, 9.17) is 0 Å². The molecule has 4 rings (SSSR count). The zero-order valence-electron chi connectivity index (χ0n) is 15.2. The van der Waals surface area contributed by atoms with Crippen molar-refractivity contribution >= 4 is 34.5 Å². The molecule has 1 aromatic heterocycles. The minimum atomic E-state index is -1.00. The van der Waals surface area contributed by atoms with Gasteiger partial charge in [-0.1, -0.05) is 6.08 Å². The first-order chi connectivity index (χ1) is 13.4. The van der Waals surface area contributed by atoms with Crippen LogP contribution in [0.3, 0.4) is 0 Å². The van der Waals surface area contributed by atoms with E-state index in [-0.39, 0.29) is 30.2 Å². The van der Waals surface area contributed by atoms with Gasteiger partial charge in [0, 0.05) is 24.8 Å². The van der Waals surface area contributed by atoms with Gasteiger partial charge in [-0.2, -0.15) is 0 Å². The summed E-state index contributed by atoms with van der Waals surface area (Å²) < 4.78 is 27.6. The molecule has 0 fully saturated rings. The van der Waals surface area contributed by atoms with Crippen molar-refractivity contribution in [2.24, 2.45) is 0 Å². The third kappa shape index (κ3) is 3.49. The number of nitrogens with zero attached hydrogens (tertiary/aromatic N) is 3.